The smallest absolute Gasteiger partial charge is 0.404 e. The van der Waals surface area contributed by atoms with Gasteiger partial charge in [0.1, 0.15) is 17.6 Å². The van der Waals surface area contributed by atoms with Gasteiger partial charge in [0.2, 0.25) is 0 Å². The molecule has 1 aromatic rings. The average molecular weight is 418 g/mol. The first kappa shape index (κ1) is 21.9. The molecule has 3 heterocycles. The van der Waals surface area contributed by atoms with Crippen LogP contribution in [-0.2, 0) is 4.79 Å². The van der Waals surface area contributed by atoms with Crippen molar-refractivity contribution in [2.24, 2.45) is 0 Å². The van der Waals surface area contributed by atoms with Crippen LogP contribution in [0, 0.1) is 0 Å². The van der Waals surface area contributed by atoms with Crippen LogP contribution in [-0.4, -0.2) is 92.5 Å². The van der Waals surface area contributed by atoms with Crippen LogP contribution in [0.15, 0.2) is 40.7 Å². The Morgan fingerprint density at radius 3 is 2.50 bits per heavy atom. The molecule has 0 radical (unpaired) electrons. The summed E-state index contributed by atoms with van der Waals surface area (Å²) in [5.41, 5.74) is 1.35. The van der Waals surface area contributed by atoms with E-state index in [-0.39, 0.29) is 25.2 Å². The summed E-state index contributed by atoms with van der Waals surface area (Å²) in [6, 6.07) is 3.70. The van der Waals surface area contributed by atoms with Gasteiger partial charge in [0.25, 0.3) is 5.91 Å². The number of nitrogens with zero attached hydrogens (tertiary/aromatic N) is 2. The first-order valence-corrected chi connectivity index (χ1v) is 10.2. The number of hydrogen-bond acceptors (Lipinski definition) is 7. The summed E-state index contributed by atoms with van der Waals surface area (Å²) in [6.07, 6.45) is 4.30. The maximum absolute atomic E-state index is 12.9. The first-order valence-electron chi connectivity index (χ1n) is 10.2. The van der Waals surface area contributed by atoms with Crippen molar-refractivity contribution in [1.82, 2.24) is 31.1 Å². The van der Waals surface area contributed by atoms with E-state index in [1.807, 2.05) is 30.2 Å². The predicted molar refractivity (Wildman–Crippen MR) is 113 cm³/mol. The number of hydrogen-bond donors (Lipinski definition) is 5. The van der Waals surface area contributed by atoms with E-state index in [1.165, 1.54) is 0 Å². The van der Waals surface area contributed by atoms with Crippen molar-refractivity contribution in [2.45, 2.75) is 6.17 Å². The summed E-state index contributed by atoms with van der Waals surface area (Å²) in [5, 5.41) is 20.5. The van der Waals surface area contributed by atoms with Crippen LogP contribution in [0.1, 0.15) is 5.76 Å². The maximum atomic E-state index is 12.9. The Kier molecular flexibility index (Phi) is 7.89. The first-order chi connectivity index (χ1) is 14.6. The van der Waals surface area contributed by atoms with E-state index in [0.717, 1.165) is 44.8 Å². The molecule has 164 valence electrons. The van der Waals surface area contributed by atoms with Gasteiger partial charge in [-0.2, -0.15) is 0 Å². The Morgan fingerprint density at radius 2 is 1.87 bits per heavy atom. The average Bonchev–Trinajstić information content (AvgIpc) is 3.29. The van der Waals surface area contributed by atoms with Crippen molar-refractivity contribution in [1.29, 1.82) is 0 Å². The highest BCUT2D eigenvalue weighted by atomic mass is 16.4. The number of rotatable bonds is 6. The number of nitrogens with one attached hydrogen (secondary N) is 4. The molecule has 1 fully saturated rings. The van der Waals surface area contributed by atoms with Crippen LogP contribution in [0.25, 0.3) is 5.57 Å². The molecule has 3 rings (SSSR count). The van der Waals surface area contributed by atoms with Gasteiger partial charge >= 0.3 is 6.09 Å². The number of likely N-dealkylation sites (N-methyl/N-ethyl adjacent to an activating group) is 1. The van der Waals surface area contributed by atoms with Gasteiger partial charge in [0, 0.05) is 65.0 Å². The largest absolute Gasteiger partial charge is 0.465 e. The third-order valence-corrected chi connectivity index (χ3v) is 5.13. The molecule has 0 spiro atoms. The van der Waals surface area contributed by atoms with Crippen molar-refractivity contribution in [2.75, 3.05) is 59.4 Å². The molecule has 10 nitrogen and oxygen atoms in total. The summed E-state index contributed by atoms with van der Waals surface area (Å²) in [5.74, 6) is 0.443. The molecular formula is C20H30N6O4. The number of carbonyl (C=O) groups excluding carboxylic acids is 1. The monoisotopic (exact) mass is 418 g/mol. The van der Waals surface area contributed by atoms with Gasteiger partial charge in [-0.15, -0.1) is 0 Å². The molecule has 5 N–H and O–H groups in total. The Morgan fingerprint density at radius 1 is 1.17 bits per heavy atom. The lowest BCUT2D eigenvalue weighted by Gasteiger charge is -2.40. The zero-order valence-corrected chi connectivity index (χ0v) is 17.2. The van der Waals surface area contributed by atoms with Crippen LogP contribution in [0.2, 0.25) is 0 Å². The SMILES string of the molecule is CN1C(C(=O)NCCNC(=O)O)=CC(c2ccco2)=CC1N1CCNCCNCC1. The number of carbonyl (C=O) groups is 2. The maximum Gasteiger partial charge on any atom is 0.404 e. The molecule has 2 amide bonds. The van der Waals surface area contributed by atoms with Crippen LogP contribution >= 0.6 is 0 Å². The minimum absolute atomic E-state index is 0.116. The molecule has 0 saturated carbocycles. The lowest BCUT2D eigenvalue weighted by molar-refractivity contribution is -0.119. The highest BCUT2D eigenvalue weighted by Crippen LogP contribution is 2.28. The van der Waals surface area contributed by atoms with Gasteiger partial charge in [-0.05, 0) is 24.3 Å². The van der Waals surface area contributed by atoms with E-state index < -0.39 is 6.09 Å². The van der Waals surface area contributed by atoms with Gasteiger partial charge < -0.3 is 35.7 Å². The molecule has 1 saturated heterocycles. The third kappa shape index (κ3) is 5.85. The van der Waals surface area contributed by atoms with E-state index in [2.05, 4.69) is 32.2 Å². The minimum Gasteiger partial charge on any atom is -0.465 e. The Balaban J connectivity index is 1.78. The molecule has 1 unspecified atom stereocenters. The quantitative estimate of drug-likeness (QED) is 0.399. The van der Waals surface area contributed by atoms with E-state index in [0.29, 0.717) is 11.5 Å². The molecule has 10 heteroatoms. The Labute approximate surface area is 176 Å². The molecular weight excluding hydrogens is 388 g/mol. The fourth-order valence-electron chi connectivity index (χ4n) is 3.57. The minimum atomic E-state index is -1.11. The number of amides is 2. The summed E-state index contributed by atoms with van der Waals surface area (Å²) < 4.78 is 5.58. The summed E-state index contributed by atoms with van der Waals surface area (Å²) in [7, 11) is 1.90. The van der Waals surface area contributed by atoms with Gasteiger partial charge in [0.05, 0.1) is 6.26 Å². The van der Waals surface area contributed by atoms with E-state index in [4.69, 9.17) is 9.52 Å². The zero-order valence-electron chi connectivity index (χ0n) is 17.2. The number of allylic oxidation sites excluding steroid dienone is 2. The molecule has 0 aliphatic carbocycles. The predicted octanol–water partition coefficient (Wildman–Crippen LogP) is -0.303. The normalized spacial score (nSPS) is 21.0. The molecule has 1 atom stereocenters. The second kappa shape index (κ2) is 10.8. The van der Waals surface area contributed by atoms with E-state index in [9.17, 15) is 9.59 Å². The molecule has 2 aliphatic rings. The summed E-state index contributed by atoms with van der Waals surface area (Å²) >= 11 is 0. The Hall–Kier alpha value is -2.82. The second-order valence-corrected chi connectivity index (χ2v) is 7.18. The Bertz CT molecular complexity index is 766. The van der Waals surface area contributed by atoms with Crippen LogP contribution in [0.5, 0.6) is 0 Å². The zero-order chi connectivity index (χ0) is 21.3. The van der Waals surface area contributed by atoms with Crippen molar-refractivity contribution in [3.05, 3.63) is 42.0 Å². The van der Waals surface area contributed by atoms with Crippen LogP contribution < -0.4 is 21.3 Å². The van der Waals surface area contributed by atoms with Crippen molar-refractivity contribution >= 4 is 17.6 Å². The summed E-state index contributed by atoms with van der Waals surface area (Å²) in [4.78, 5) is 27.7. The number of carboxylic acid groups (broad SMARTS) is 1. The molecule has 2 aliphatic heterocycles. The highest BCUT2D eigenvalue weighted by Gasteiger charge is 2.30. The number of furan rings is 1. The van der Waals surface area contributed by atoms with Crippen molar-refractivity contribution in [3.8, 4) is 0 Å². The summed E-state index contributed by atoms with van der Waals surface area (Å²) in [6.45, 7) is 5.62. The second-order valence-electron chi connectivity index (χ2n) is 7.18. The molecule has 1 aromatic heterocycles. The third-order valence-electron chi connectivity index (χ3n) is 5.13. The van der Waals surface area contributed by atoms with Crippen LogP contribution in [0.3, 0.4) is 0 Å². The standard InChI is InChI=1S/C20H30N6O4/c1-25-16(19(27)23-6-7-24-20(28)29)13-15(17-3-2-12-30-17)14-18(25)26-10-8-21-4-5-22-9-11-26/h2-3,12-14,18,21-22,24H,4-11H2,1H3,(H,23,27)(H,28,29). The van der Waals surface area contributed by atoms with Gasteiger partial charge in [-0.25, -0.2) is 4.79 Å². The highest BCUT2D eigenvalue weighted by molar-refractivity contribution is 5.96. The molecule has 0 bridgehead atoms. The fraction of sp³-hybridized carbons (Fsp3) is 0.500. The molecule has 0 aromatic carbocycles. The van der Waals surface area contributed by atoms with E-state index in [1.54, 1.807) is 6.26 Å². The van der Waals surface area contributed by atoms with Crippen molar-refractivity contribution in [3.63, 3.8) is 0 Å². The van der Waals surface area contributed by atoms with Crippen molar-refractivity contribution < 1.29 is 19.1 Å². The lowest BCUT2D eigenvalue weighted by Crippen LogP contribution is -2.51. The van der Waals surface area contributed by atoms with Gasteiger partial charge in [0.15, 0.2) is 0 Å². The molecule has 30 heavy (non-hydrogen) atoms. The van der Waals surface area contributed by atoms with Gasteiger partial charge in [-0.1, -0.05) is 0 Å². The van der Waals surface area contributed by atoms with Crippen LogP contribution in [0.4, 0.5) is 4.79 Å². The lowest BCUT2D eigenvalue weighted by atomic mass is 10.0. The fourth-order valence-corrected chi connectivity index (χ4v) is 3.57. The van der Waals surface area contributed by atoms with E-state index >= 15 is 0 Å². The topological polar surface area (TPSA) is 122 Å². The van der Waals surface area contributed by atoms with Gasteiger partial charge in [-0.3, -0.25) is 9.69 Å².